The number of nitrogens with one attached hydrogen (secondary N) is 1. The van der Waals surface area contributed by atoms with E-state index >= 15 is 0 Å². The van der Waals surface area contributed by atoms with Gasteiger partial charge in [0, 0.05) is 31.8 Å². The lowest BCUT2D eigenvalue weighted by atomic mass is 10.1. The van der Waals surface area contributed by atoms with Crippen LogP contribution in [0.1, 0.15) is 26.2 Å². The van der Waals surface area contributed by atoms with Gasteiger partial charge in [-0.15, -0.1) is 0 Å². The van der Waals surface area contributed by atoms with Crippen LogP contribution in [0.3, 0.4) is 0 Å². The highest BCUT2D eigenvalue weighted by Gasteiger charge is 2.23. The van der Waals surface area contributed by atoms with Crippen molar-refractivity contribution < 1.29 is 5.11 Å². The van der Waals surface area contributed by atoms with E-state index in [1.807, 2.05) is 7.05 Å². The van der Waals surface area contributed by atoms with Crippen molar-refractivity contribution in [3.05, 3.63) is 0 Å². The van der Waals surface area contributed by atoms with Gasteiger partial charge < -0.3 is 15.3 Å². The maximum Gasteiger partial charge on any atom is 0.0446 e. The first-order valence-electron chi connectivity index (χ1n) is 6.92. The Kier molecular flexibility index (Phi) is 7.04. The molecule has 0 aromatic rings. The molecule has 0 saturated carbocycles. The van der Waals surface area contributed by atoms with E-state index in [9.17, 15) is 0 Å². The molecule has 4 heteroatoms. The molecule has 0 aromatic carbocycles. The lowest BCUT2D eigenvalue weighted by Gasteiger charge is -2.33. The Morgan fingerprint density at radius 3 is 2.76 bits per heavy atom. The highest BCUT2D eigenvalue weighted by molar-refractivity contribution is 4.81. The maximum absolute atomic E-state index is 9.05. The molecule has 2 atom stereocenters. The Hall–Kier alpha value is -0.160. The van der Waals surface area contributed by atoms with Gasteiger partial charge in [-0.2, -0.15) is 0 Å². The van der Waals surface area contributed by atoms with Gasteiger partial charge in [0.25, 0.3) is 0 Å². The Bertz CT molecular complexity index is 201. The van der Waals surface area contributed by atoms with E-state index in [-0.39, 0.29) is 6.61 Å². The minimum atomic E-state index is 0.274. The first kappa shape index (κ1) is 14.9. The summed E-state index contributed by atoms with van der Waals surface area (Å²) in [5, 5.41) is 12.4. The SMILES string of the molecule is CCC1CN(C)CCCN1CC(CCO)NC. The summed E-state index contributed by atoms with van der Waals surface area (Å²) in [6.07, 6.45) is 3.31. The Morgan fingerprint density at radius 1 is 1.41 bits per heavy atom. The second-order valence-electron chi connectivity index (χ2n) is 5.17. The number of likely N-dealkylation sites (N-methyl/N-ethyl adjacent to an activating group) is 2. The molecule has 0 bridgehead atoms. The number of hydrogen-bond acceptors (Lipinski definition) is 4. The van der Waals surface area contributed by atoms with Gasteiger partial charge in [-0.3, -0.25) is 4.90 Å². The van der Waals surface area contributed by atoms with Crippen molar-refractivity contribution in [2.24, 2.45) is 0 Å². The van der Waals surface area contributed by atoms with Gasteiger partial charge in [0.1, 0.15) is 0 Å². The third kappa shape index (κ3) is 4.92. The number of rotatable bonds is 6. The maximum atomic E-state index is 9.05. The van der Waals surface area contributed by atoms with Crippen LogP contribution in [-0.4, -0.2) is 73.9 Å². The second-order valence-corrected chi connectivity index (χ2v) is 5.17. The molecule has 2 N–H and O–H groups in total. The fourth-order valence-corrected chi connectivity index (χ4v) is 2.69. The largest absolute Gasteiger partial charge is 0.396 e. The lowest BCUT2D eigenvalue weighted by Crippen LogP contribution is -2.46. The molecule has 1 aliphatic heterocycles. The van der Waals surface area contributed by atoms with E-state index in [0.29, 0.717) is 12.1 Å². The monoisotopic (exact) mass is 243 g/mol. The minimum absolute atomic E-state index is 0.274. The van der Waals surface area contributed by atoms with E-state index in [2.05, 4.69) is 29.1 Å². The normalized spacial score (nSPS) is 25.8. The van der Waals surface area contributed by atoms with Crippen molar-refractivity contribution in [2.45, 2.75) is 38.3 Å². The van der Waals surface area contributed by atoms with Crippen LogP contribution >= 0.6 is 0 Å². The van der Waals surface area contributed by atoms with Crippen LogP contribution in [0.2, 0.25) is 0 Å². The summed E-state index contributed by atoms with van der Waals surface area (Å²) in [6, 6.07) is 1.08. The Labute approximate surface area is 106 Å². The third-order valence-corrected chi connectivity index (χ3v) is 3.84. The third-order valence-electron chi connectivity index (χ3n) is 3.84. The van der Waals surface area contributed by atoms with Crippen molar-refractivity contribution >= 4 is 0 Å². The molecule has 1 aliphatic rings. The molecule has 0 aliphatic carbocycles. The Morgan fingerprint density at radius 2 is 2.18 bits per heavy atom. The summed E-state index contributed by atoms with van der Waals surface area (Å²) >= 11 is 0. The quantitative estimate of drug-likeness (QED) is 0.707. The molecule has 1 fully saturated rings. The summed E-state index contributed by atoms with van der Waals surface area (Å²) in [5.74, 6) is 0. The molecule has 4 nitrogen and oxygen atoms in total. The van der Waals surface area contributed by atoms with Gasteiger partial charge >= 0.3 is 0 Å². The molecular formula is C13H29N3O. The zero-order chi connectivity index (χ0) is 12.7. The van der Waals surface area contributed by atoms with Crippen molar-refractivity contribution in [1.82, 2.24) is 15.1 Å². The fourth-order valence-electron chi connectivity index (χ4n) is 2.69. The van der Waals surface area contributed by atoms with Crippen LogP contribution in [0, 0.1) is 0 Å². The lowest BCUT2D eigenvalue weighted by molar-refractivity contribution is 0.156. The molecule has 2 unspecified atom stereocenters. The average molecular weight is 243 g/mol. The van der Waals surface area contributed by atoms with E-state index in [1.54, 1.807) is 0 Å². The van der Waals surface area contributed by atoms with Crippen molar-refractivity contribution in [1.29, 1.82) is 0 Å². The van der Waals surface area contributed by atoms with Gasteiger partial charge in [0.2, 0.25) is 0 Å². The number of aliphatic hydroxyl groups excluding tert-OH is 1. The van der Waals surface area contributed by atoms with E-state index in [0.717, 1.165) is 13.0 Å². The highest BCUT2D eigenvalue weighted by Crippen LogP contribution is 2.13. The molecular weight excluding hydrogens is 214 g/mol. The summed E-state index contributed by atoms with van der Waals surface area (Å²) in [6.45, 7) is 7.17. The minimum Gasteiger partial charge on any atom is -0.396 e. The Balaban J connectivity index is 2.52. The first-order chi connectivity index (χ1) is 8.21. The average Bonchev–Trinajstić information content (AvgIpc) is 2.50. The zero-order valence-corrected chi connectivity index (χ0v) is 11.7. The van der Waals surface area contributed by atoms with Gasteiger partial charge in [0.15, 0.2) is 0 Å². The van der Waals surface area contributed by atoms with Crippen LogP contribution in [0.4, 0.5) is 0 Å². The summed E-state index contributed by atoms with van der Waals surface area (Å²) < 4.78 is 0. The molecule has 0 radical (unpaired) electrons. The number of nitrogens with zero attached hydrogens (tertiary/aromatic N) is 2. The highest BCUT2D eigenvalue weighted by atomic mass is 16.3. The van der Waals surface area contributed by atoms with Crippen molar-refractivity contribution in [3.8, 4) is 0 Å². The van der Waals surface area contributed by atoms with Crippen LogP contribution in [-0.2, 0) is 0 Å². The number of aliphatic hydroxyl groups is 1. The predicted molar refractivity (Wildman–Crippen MR) is 72.3 cm³/mol. The fraction of sp³-hybridized carbons (Fsp3) is 1.00. The molecule has 0 aromatic heterocycles. The number of hydrogen-bond donors (Lipinski definition) is 2. The van der Waals surface area contributed by atoms with Gasteiger partial charge in [0.05, 0.1) is 0 Å². The smallest absolute Gasteiger partial charge is 0.0446 e. The molecule has 17 heavy (non-hydrogen) atoms. The molecule has 0 spiro atoms. The first-order valence-corrected chi connectivity index (χ1v) is 6.92. The van der Waals surface area contributed by atoms with E-state index in [1.165, 1.54) is 32.5 Å². The van der Waals surface area contributed by atoms with Gasteiger partial charge in [-0.25, -0.2) is 0 Å². The summed E-state index contributed by atoms with van der Waals surface area (Å²) in [7, 11) is 4.21. The van der Waals surface area contributed by atoms with Crippen LogP contribution < -0.4 is 5.32 Å². The van der Waals surface area contributed by atoms with Crippen molar-refractivity contribution in [2.75, 3.05) is 46.9 Å². The molecule has 102 valence electrons. The molecule has 1 rings (SSSR count). The van der Waals surface area contributed by atoms with Gasteiger partial charge in [-0.1, -0.05) is 6.92 Å². The van der Waals surface area contributed by atoms with Crippen LogP contribution in [0.5, 0.6) is 0 Å². The van der Waals surface area contributed by atoms with Crippen LogP contribution in [0.25, 0.3) is 0 Å². The van der Waals surface area contributed by atoms with E-state index < -0.39 is 0 Å². The standard InChI is InChI=1S/C13H29N3O/c1-4-13-11-15(3)7-5-8-16(13)10-12(14-2)6-9-17/h12-14,17H,4-11H2,1-3H3. The topological polar surface area (TPSA) is 38.7 Å². The molecule has 1 saturated heterocycles. The predicted octanol–water partition coefficient (Wildman–Crippen LogP) is 0.373. The van der Waals surface area contributed by atoms with E-state index in [4.69, 9.17) is 5.11 Å². The second kappa shape index (κ2) is 8.03. The molecule has 0 amide bonds. The summed E-state index contributed by atoms with van der Waals surface area (Å²) in [4.78, 5) is 5.04. The van der Waals surface area contributed by atoms with Gasteiger partial charge in [-0.05, 0) is 46.4 Å². The summed E-state index contributed by atoms with van der Waals surface area (Å²) in [5.41, 5.74) is 0. The van der Waals surface area contributed by atoms with Crippen LogP contribution in [0.15, 0.2) is 0 Å². The zero-order valence-electron chi connectivity index (χ0n) is 11.7. The molecule has 1 heterocycles. The van der Waals surface area contributed by atoms with Crippen molar-refractivity contribution in [3.63, 3.8) is 0 Å².